The van der Waals surface area contributed by atoms with Gasteiger partial charge in [-0.3, -0.25) is 9.69 Å². The Balaban J connectivity index is 2.00. The lowest BCUT2D eigenvalue weighted by Gasteiger charge is -2.19. The zero-order valence-electron chi connectivity index (χ0n) is 11.2. The van der Waals surface area contributed by atoms with E-state index in [1.165, 1.54) is 12.5 Å². The van der Waals surface area contributed by atoms with Gasteiger partial charge in [0.2, 0.25) is 0 Å². The number of carbonyl (C=O) groups is 1. The Morgan fingerprint density at radius 1 is 1.32 bits per heavy atom. The predicted octanol–water partition coefficient (Wildman–Crippen LogP) is 3.27. The van der Waals surface area contributed by atoms with Crippen LogP contribution in [0.15, 0.2) is 18.2 Å². The molecule has 1 fully saturated rings. The van der Waals surface area contributed by atoms with E-state index in [0.717, 1.165) is 38.1 Å². The first kappa shape index (κ1) is 14.1. The lowest BCUT2D eigenvalue weighted by Crippen LogP contribution is -2.31. The van der Waals surface area contributed by atoms with Gasteiger partial charge in [-0.2, -0.15) is 0 Å². The molecular weight excluding hydrogens is 248 g/mol. The average molecular weight is 267 g/mol. The van der Waals surface area contributed by atoms with Crippen LogP contribution in [0.25, 0.3) is 0 Å². The molecule has 1 aliphatic rings. The number of ketones is 1. The second-order valence-corrected chi connectivity index (χ2v) is 5.36. The first-order chi connectivity index (χ1) is 9.06. The zero-order chi connectivity index (χ0) is 13.8. The summed E-state index contributed by atoms with van der Waals surface area (Å²) in [6.45, 7) is 4.18. The highest BCUT2D eigenvalue weighted by atomic mass is 19.1. The van der Waals surface area contributed by atoms with Crippen molar-refractivity contribution in [3.63, 3.8) is 0 Å². The molecule has 0 amide bonds. The summed E-state index contributed by atoms with van der Waals surface area (Å²) in [6, 6.07) is 3.12. The first-order valence-electron chi connectivity index (χ1n) is 6.77. The molecule has 2 nitrogen and oxygen atoms in total. The van der Waals surface area contributed by atoms with Crippen molar-refractivity contribution in [3.05, 3.63) is 35.4 Å². The lowest BCUT2D eigenvalue weighted by atomic mass is 10.0. The highest BCUT2D eigenvalue weighted by Crippen LogP contribution is 2.17. The second-order valence-electron chi connectivity index (χ2n) is 5.36. The summed E-state index contributed by atoms with van der Waals surface area (Å²) in [6.07, 6.45) is 3.31. The Morgan fingerprint density at radius 3 is 2.84 bits per heavy atom. The molecule has 4 heteroatoms. The van der Waals surface area contributed by atoms with Crippen molar-refractivity contribution in [2.75, 3.05) is 19.6 Å². The molecule has 1 saturated heterocycles. The fourth-order valence-corrected chi connectivity index (χ4v) is 2.48. The van der Waals surface area contributed by atoms with Gasteiger partial charge in [0.1, 0.15) is 11.6 Å². The minimum absolute atomic E-state index is 0.0151. The van der Waals surface area contributed by atoms with E-state index in [1.54, 1.807) is 0 Å². The molecule has 104 valence electrons. The van der Waals surface area contributed by atoms with Gasteiger partial charge in [-0.15, -0.1) is 0 Å². The number of benzene rings is 1. The van der Waals surface area contributed by atoms with E-state index < -0.39 is 11.6 Å². The summed E-state index contributed by atoms with van der Waals surface area (Å²) in [5.74, 6) is -1.01. The minimum Gasteiger partial charge on any atom is -0.296 e. The molecule has 1 atom stereocenters. The summed E-state index contributed by atoms with van der Waals surface area (Å²) in [7, 11) is 0. The van der Waals surface area contributed by atoms with Crippen molar-refractivity contribution in [3.8, 4) is 0 Å². The highest BCUT2D eigenvalue weighted by molar-refractivity contribution is 5.97. The third kappa shape index (κ3) is 3.83. The van der Waals surface area contributed by atoms with Gasteiger partial charge in [0.25, 0.3) is 0 Å². The Labute approximate surface area is 112 Å². The number of Topliss-reactive ketones (excluding diaryl/α,β-unsaturated/α-hetero) is 1. The molecule has 1 aromatic rings. The molecule has 0 aromatic heterocycles. The van der Waals surface area contributed by atoms with E-state index in [0.29, 0.717) is 5.92 Å². The topological polar surface area (TPSA) is 20.3 Å². The summed E-state index contributed by atoms with van der Waals surface area (Å²) in [5.41, 5.74) is -0.0151. The minimum atomic E-state index is -0.770. The fourth-order valence-electron chi connectivity index (χ4n) is 2.48. The largest absolute Gasteiger partial charge is 0.296 e. The Kier molecular flexibility index (Phi) is 4.64. The molecule has 0 N–H and O–H groups in total. The molecule has 0 spiro atoms. The van der Waals surface area contributed by atoms with Crippen LogP contribution in [0.5, 0.6) is 0 Å². The number of hydrogen-bond acceptors (Lipinski definition) is 2. The van der Waals surface area contributed by atoms with Crippen molar-refractivity contribution in [2.24, 2.45) is 5.92 Å². The van der Waals surface area contributed by atoms with Crippen molar-refractivity contribution in [2.45, 2.75) is 26.2 Å². The molecule has 0 radical (unpaired) electrons. The standard InChI is InChI=1S/C15H19F2NO/c1-11-3-2-7-18(8-6-11)10-15(19)13-5-4-12(16)9-14(13)17/h4-5,9,11H,2-3,6-8,10H2,1H3. The normalized spacial score (nSPS) is 21.1. The van der Waals surface area contributed by atoms with Gasteiger partial charge >= 0.3 is 0 Å². The number of halogens is 2. The number of rotatable bonds is 3. The van der Waals surface area contributed by atoms with Gasteiger partial charge in [0.15, 0.2) is 5.78 Å². The van der Waals surface area contributed by atoms with Crippen molar-refractivity contribution in [1.82, 2.24) is 4.90 Å². The molecule has 1 unspecified atom stereocenters. The van der Waals surface area contributed by atoms with Crippen LogP contribution in [0.1, 0.15) is 36.5 Å². The lowest BCUT2D eigenvalue weighted by molar-refractivity contribution is 0.0928. The Morgan fingerprint density at radius 2 is 2.11 bits per heavy atom. The SMILES string of the molecule is CC1CCCN(CC(=O)c2ccc(F)cc2F)CC1. The molecule has 19 heavy (non-hydrogen) atoms. The van der Waals surface area contributed by atoms with E-state index in [2.05, 4.69) is 11.8 Å². The van der Waals surface area contributed by atoms with Crippen LogP contribution in [0.3, 0.4) is 0 Å². The smallest absolute Gasteiger partial charge is 0.179 e. The van der Waals surface area contributed by atoms with Crippen LogP contribution < -0.4 is 0 Å². The molecule has 0 saturated carbocycles. The van der Waals surface area contributed by atoms with Gasteiger partial charge in [-0.25, -0.2) is 8.78 Å². The number of likely N-dealkylation sites (tertiary alicyclic amines) is 1. The van der Waals surface area contributed by atoms with E-state index >= 15 is 0 Å². The van der Waals surface area contributed by atoms with Crippen LogP contribution in [-0.2, 0) is 0 Å². The van der Waals surface area contributed by atoms with Crippen LogP contribution in [0.2, 0.25) is 0 Å². The number of hydrogen-bond donors (Lipinski definition) is 0. The molecule has 0 bridgehead atoms. The maximum Gasteiger partial charge on any atom is 0.179 e. The highest BCUT2D eigenvalue weighted by Gasteiger charge is 2.19. The first-order valence-corrected chi connectivity index (χ1v) is 6.77. The third-order valence-electron chi connectivity index (χ3n) is 3.71. The van der Waals surface area contributed by atoms with Gasteiger partial charge < -0.3 is 0 Å². The van der Waals surface area contributed by atoms with Gasteiger partial charge in [0.05, 0.1) is 12.1 Å². The van der Waals surface area contributed by atoms with Crippen molar-refractivity contribution in [1.29, 1.82) is 0 Å². The maximum atomic E-state index is 13.5. The third-order valence-corrected chi connectivity index (χ3v) is 3.71. The maximum absolute atomic E-state index is 13.5. The molecule has 1 aromatic carbocycles. The monoisotopic (exact) mass is 267 g/mol. The van der Waals surface area contributed by atoms with Crippen molar-refractivity contribution < 1.29 is 13.6 Å². The molecule has 1 heterocycles. The van der Waals surface area contributed by atoms with Gasteiger partial charge in [0, 0.05) is 6.07 Å². The number of nitrogens with zero attached hydrogens (tertiary/aromatic N) is 1. The van der Waals surface area contributed by atoms with Gasteiger partial charge in [-0.1, -0.05) is 6.92 Å². The zero-order valence-corrected chi connectivity index (χ0v) is 11.2. The van der Waals surface area contributed by atoms with E-state index in [9.17, 15) is 13.6 Å². The Hall–Kier alpha value is -1.29. The van der Waals surface area contributed by atoms with E-state index in [4.69, 9.17) is 0 Å². The van der Waals surface area contributed by atoms with Gasteiger partial charge in [-0.05, 0) is 50.4 Å². The average Bonchev–Trinajstić information content (AvgIpc) is 2.54. The predicted molar refractivity (Wildman–Crippen MR) is 70.1 cm³/mol. The Bertz CT molecular complexity index is 461. The molecule has 0 aliphatic carbocycles. The summed E-state index contributed by atoms with van der Waals surface area (Å²) in [4.78, 5) is 14.1. The van der Waals surface area contributed by atoms with Crippen LogP contribution in [0, 0.1) is 17.6 Å². The van der Waals surface area contributed by atoms with Crippen LogP contribution >= 0.6 is 0 Å². The van der Waals surface area contributed by atoms with Crippen molar-refractivity contribution >= 4 is 5.78 Å². The summed E-state index contributed by atoms with van der Waals surface area (Å²) in [5, 5.41) is 0. The molecule has 1 aliphatic heterocycles. The van der Waals surface area contributed by atoms with Crippen LogP contribution in [-0.4, -0.2) is 30.3 Å². The quantitative estimate of drug-likeness (QED) is 0.783. The number of carbonyl (C=O) groups excluding carboxylic acids is 1. The van der Waals surface area contributed by atoms with Crippen LogP contribution in [0.4, 0.5) is 8.78 Å². The summed E-state index contributed by atoms with van der Waals surface area (Å²) >= 11 is 0. The summed E-state index contributed by atoms with van der Waals surface area (Å²) < 4.78 is 26.3. The second kappa shape index (κ2) is 6.24. The molecular formula is C15H19F2NO. The van der Waals surface area contributed by atoms with E-state index in [-0.39, 0.29) is 17.9 Å². The molecule has 2 rings (SSSR count). The fraction of sp³-hybridized carbons (Fsp3) is 0.533. The van der Waals surface area contributed by atoms with E-state index in [1.807, 2.05) is 0 Å².